The van der Waals surface area contributed by atoms with Crippen LogP contribution in [0.1, 0.15) is 52.7 Å². The SMILES string of the molecule is CCc1noc(C)c1C(=O)Nc1cccc2c1CCCC2. The highest BCUT2D eigenvalue weighted by atomic mass is 16.5. The number of hydrogen-bond acceptors (Lipinski definition) is 3. The molecule has 0 fully saturated rings. The lowest BCUT2D eigenvalue weighted by Crippen LogP contribution is -2.17. The predicted molar refractivity (Wildman–Crippen MR) is 81.7 cm³/mol. The Hall–Kier alpha value is -2.10. The van der Waals surface area contributed by atoms with E-state index in [9.17, 15) is 4.79 Å². The summed E-state index contributed by atoms with van der Waals surface area (Å²) in [4.78, 5) is 12.6. The molecule has 0 saturated carbocycles. The summed E-state index contributed by atoms with van der Waals surface area (Å²) in [5.74, 6) is 0.457. The van der Waals surface area contributed by atoms with Crippen LogP contribution in [0, 0.1) is 6.92 Å². The van der Waals surface area contributed by atoms with Crippen LogP contribution < -0.4 is 5.32 Å². The maximum absolute atomic E-state index is 12.6. The zero-order valence-electron chi connectivity index (χ0n) is 12.5. The van der Waals surface area contributed by atoms with Gasteiger partial charge in [0.15, 0.2) is 0 Å². The summed E-state index contributed by atoms with van der Waals surface area (Å²) in [6.45, 7) is 3.75. The van der Waals surface area contributed by atoms with Gasteiger partial charge in [0.1, 0.15) is 11.3 Å². The lowest BCUT2D eigenvalue weighted by Gasteiger charge is -2.19. The molecule has 3 rings (SSSR count). The first-order valence-electron chi connectivity index (χ1n) is 7.58. The van der Waals surface area contributed by atoms with Gasteiger partial charge in [-0.25, -0.2) is 0 Å². The molecular formula is C17H20N2O2. The quantitative estimate of drug-likeness (QED) is 0.935. The van der Waals surface area contributed by atoms with Crippen molar-refractivity contribution >= 4 is 11.6 Å². The Morgan fingerprint density at radius 3 is 2.95 bits per heavy atom. The summed E-state index contributed by atoms with van der Waals surface area (Å²) in [5.41, 5.74) is 4.86. The van der Waals surface area contributed by atoms with Crippen molar-refractivity contribution in [2.75, 3.05) is 5.32 Å². The number of hydrogen-bond donors (Lipinski definition) is 1. The number of fused-ring (bicyclic) bond motifs is 1. The number of carbonyl (C=O) groups is 1. The minimum atomic E-state index is -0.121. The maximum Gasteiger partial charge on any atom is 0.261 e. The average Bonchev–Trinajstić information content (AvgIpc) is 2.88. The summed E-state index contributed by atoms with van der Waals surface area (Å²) in [7, 11) is 0. The standard InChI is InChI=1S/C17H20N2O2/c1-3-14-16(11(2)21-19-14)17(20)18-15-10-6-8-12-7-4-5-9-13(12)15/h6,8,10H,3-5,7,9H2,1-2H3,(H,18,20). The molecule has 0 atom stereocenters. The Balaban J connectivity index is 1.90. The van der Waals surface area contributed by atoms with Gasteiger partial charge in [0.25, 0.3) is 5.91 Å². The van der Waals surface area contributed by atoms with Crippen LogP contribution in [0.4, 0.5) is 5.69 Å². The van der Waals surface area contributed by atoms with Crippen molar-refractivity contribution in [1.29, 1.82) is 0 Å². The molecule has 0 radical (unpaired) electrons. The van der Waals surface area contributed by atoms with E-state index in [1.165, 1.54) is 24.0 Å². The monoisotopic (exact) mass is 284 g/mol. The summed E-state index contributed by atoms with van der Waals surface area (Å²) < 4.78 is 5.15. The molecule has 0 spiro atoms. The van der Waals surface area contributed by atoms with Crippen molar-refractivity contribution < 1.29 is 9.32 Å². The highest BCUT2D eigenvalue weighted by Gasteiger charge is 2.21. The van der Waals surface area contributed by atoms with Gasteiger partial charge in [-0.15, -0.1) is 0 Å². The Morgan fingerprint density at radius 2 is 2.14 bits per heavy atom. The zero-order chi connectivity index (χ0) is 14.8. The lowest BCUT2D eigenvalue weighted by atomic mass is 9.90. The van der Waals surface area contributed by atoms with Crippen LogP contribution in [0.3, 0.4) is 0 Å². The molecule has 0 aliphatic heterocycles. The number of aromatic nitrogens is 1. The highest BCUT2D eigenvalue weighted by Crippen LogP contribution is 2.28. The van der Waals surface area contributed by atoms with Crippen molar-refractivity contribution in [2.24, 2.45) is 0 Å². The second kappa shape index (κ2) is 5.72. The maximum atomic E-state index is 12.6. The molecule has 4 nitrogen and oxygen atoms in total. The van der Waals surface area contributed by atoms with E-state index in [1.54, 1.807) is 6.92 Å². The van der Waals surface area contributed by atoms with Gasteiger partial charge in [0, 0.05) is 5.69 Å². The van der Waals surface area contributed by atoms with Crippen LogP contribution >= 0.6 is 0 Å². The van der Waals surface area contributed by atoms with Gasteiger partial charge < -0.3 is 9.84 Å². The third kappa shape index (κ3) is 2.58. The highest BCUT2D eigenvalue weighted by molar-refractivity contribution is 6.06. The van der Waals surface area contributed by atoms with Gasteiger partial charge in [-0.3, -0.25) is 4.79 Å². The van der Waals surface area contributed by atoms with E-state index < -0.39 is 0 Å². The van der Waals surface area contributed by atoms with Gasteiger partial charge in [-0.1, -0.05) is 24.2 Å². The molecule has 1 aromatic heterocycles. The van der Waals surface area contributed by atoms with Crippen LogP contribution in [0.25, 0.3) is 0 Å². The van der Waals surface area contributed by atoms with Gasteiger partial charge in [-0.2, -0.15) is 0 Å². The number of nitrogens with one attached hydrogen (secondary N) is 1. The van der Waals surface area contributed by atoms with Crippen LogP contribution in [0.15, 0.2) is 22.7 Å². The van der Waals surface area contributed by atoms with Gasteiger partial charge in [-0.05, 0) is 56.2 Å². The molecule has 2 aromatic rings. The molecule has 21 heavy (non-hydrogen) atoms. The normalized spacial score (nSPS) is 13.8. The molecule has 1 amide bonds. The summed E-state index contributed by atoms with van der Waals surface area (Å²) in [5, 5.41) is 7.00. The molecule has 1 aliphatic rings. The van der Waals surface area contributed by atoms with Gasteiger partial charge in [0.05, 0.1) is 5.69 Å². The van der Waals surface area contributed by atoms with E-state index in [0.717, 1.165) is 24.2 Å². The van der Waals surface area contributed by atoms with Crippen molar-refractivity contribution in [2.45, 2.75) is 46.0 Å². The Labute approximate surface area is 124 Å². The number of anilines is 1. The van der Waals surface area contributed by atoms with Gasteiger partial charge in [0.2, 0.25) is 0 Å². The first kappa shape index (κ1) is 13.9. The number of aryl methyl sites for hydroxylation is 3. The fraction of sp³-hybridized carbons (Fsp3) is 0.412. The molecule has 4 heteroatoms. The molecule has 1 aromatic carbocycles. The summed E-state index contributed by atoms with van der Waals surface area (Å²) in [6.07, 6.45) is 5.25. The fourth-order valence-corrected chi connectivity index (χ4v) is 3.03. The van der Waals surface area contributed by atoms with Crippen LogP contribution in [0.2, 0.25) is 0 Å². The number of rotatable bonds is 3. The van der Waals surface area contributed by atoms with Crippen LogP contribution in [-0.2, 0) is 19.3 Å². The second-order valence-electron chi connectivity index (χ2n) is 5.52. The molecule has 0 saturated heterocycles. The zero-order valence-corrected chi connectivity index (χ0v) is 12.5. The predicted octanol–water partition coefficient (Wildman–Crippen LogP) is 3.68. The van der Waals surface area contributed by atoms with E-state index in [4.69, 9.17) is 4.52 Å². The van der Waals surface area contributed by atoms with Crippen molar-refractivity contribution in [3.05, 3.63) is 46.3 Å². The largest absolute Gasteiger partial charge is 0.361 e. The smallest absolute Gasteiger partial charge is 0.261 e. The van der Waals surface area contributed by atoms with E-state index in [-0.39, 0.29) is 5.91 Å². The van der Waals surface area contributed by atoms with Crippen molar-refractivity contribution in [1.82, 2.24) is 5.16 Å². The first-order chi connectivity index (χ1) is 10.2. The number of carbonyl (C=O) groups excluding carboxylic acids is 1. The van der Waals surface area contributed by atoms with E-state index in [2.05, 4.69) is 16.5 Å². The van der Waals surface area contributed by atoms with Crippen LogP contribution in [0.5, 0.6) is 0 Å². The van der Waals surface area contributed by atoms with Crippen LogP contribution in [-0.4, -0.2) is 11.1 Å². The first-order valence-corrected chi connectivity index (χ1v) is 7.58. The molecule has 0 bridgehead atoms. The summed E-state index contributed by atoms with van der Waals surface area (Å²) in [6, 6.07) is 6.16. The Bertz CT molecular complexity index is 673. The molecule has 1 aliphatic carbocycles. The number of amides is 1. The molecular weight excluding hydrogens is 264 g/mol. The number of benzene rings is 1. The van der Waals surface area contributed by atoms with E-state index in [1.807, 2.05) is 19.1 Å². The average molecular weight is 284 g/mol. The van der Waals surface area contributed by atoms with Crippen molar-refractivity contribution in [3.8, 4) is 0 Å². The minimum Gasteiger partial charge on any atom is -0.361 e. The molecule has 110 valence electrons. The fourth-order valence-electron chi connectivity index (χ4n) is 3.03. The minimum absolute atomic E-state index is 0.121. The van der Waals surface area contributed by atoms with Crippen molar-refractivity contribution in [3.63, 3.8) is 0 Å². The molecule has 1 N–H and O–H groups in total. The third-order valence-corrected chi connectivity index (χ3v) is 4.14. The summed E-state index contributed by atoms with van der Waals surface area (Å²) >= 11 is 0. The lowest BCUT2D eigenvalue weighted by molar-refractivity contribution is 0.102. The second-order valence-corrected chi connectivity index (χ2v) is 5.52. The number of nitrogens with zero attached hydrogens (tertiary/aromatic N) is 1. The Morgan fingerprint density at radius 1 is 1.33 bits per heavy atom. The molecule has 0 unspecified atom stereocenters. The Kier molecular flexibility index (Phi) is 3.78. The van der Waals surface area contributed by atoms with Gasteiger partial charge >= 0.3 is 0 Å². The molecule has 1 heterocycles. The third-order valence-electron chi connectivity index (χ3n) is 4.14. The van der Waals surface area contributed by atoms with E-state index in [0.29, 0.717) is 17.7 Å². The topological polar surface area (TPSA) is 55.1 Å². The van der Waals surface area contributed by atoms with E-state index >= 15 is 0 Å².